The summed E-state index contributed by atoms with van der Waals surface area (Å²) in [6.07, 6.45) is 0. The molecule has 1 heterocycles. The van der Waals surface area contributed by atoms with Gasteiger partial charge in [0.05, 0.1) is 10.9 Å². The maximum absolute atomic E-state index is 11.7. The first-order valence-corrected chi connectivity index (χ1v) is 6.93. The molecule has 4 nitrogen and oxygen atoms in total. The van der Waals surface area contributed by atoms with E-state index in [1.54, 1.807) is 13.8 Å². The fraction of sp³-hybridized carbons (Fsp3) is 0.500. The molecule has 0 saturated heterocycles. The van der Waals surface area contributed by atoms with Gasteiger partial charge in [-0.1, -0.05) is 11.6 Å². The molecule has 0 amide bonds. The summed E-state index contributed by atoms with van der Waals surface area (Å²) in [5.41, 5.74) is 0.735. The number of nitrogens with one attached hydrogen (secondary N) is 1. The molecule has 15 heavy (non-hydrogen) atoms. The molecule has 1 aromatic heterocycles. The van der Waals surface area contributed by atoms with Gasteiger partial charge in [0.2, 0.25) is 10.0 Å². The molecule has 0 radical (unpaired) electrons. The second-order valence-electron chi connectivity index (χ2n) is 3.23. The maximum atomic E-state index is 11.7. The quantitative estimate of drug-likeness (QED) is 0.868. The number of aliphatic hydroxyl groups excluding tert-OH is 1. The van der Waals surface area contributed by atoms with Crippen LogP contribution in [0.2, 0.25) is 4.34 Å². The SMILES string of the molecule is Cc1cc(S(=O)(=O)N[C@@H](C)CO)sc1Cl. The van der Waals surface area contributed by atoms with Crippen molar-refractivity contribution in [2.24, 2.45) is 0 Å². The van der Waals surface area contributed by atoms with Crippen molar-refractivity contribution in [2.45, 2.75) is 24.1 Å². The van der Waals surface area contributed by atoms with Gasteiger partial charge in [0, 0.05) is 6.04 Å². The second-order valence-corrected chi connectivity index (χ2v) is 6.82. The number of halogens is 1. The first-order chi connectivity index (χ1) is 6.86. The molecular weight excluding hydrogens is 258 g/mol. The Morgan fingerprint density at radius 3 is 2.67 bits per heavy atom. The topological polar surface area (TPSA) is 66.4 Å². The van der Waals surface area contributed by atoms with Crippen LogP contribution < -0.4 is 4.72 Å². The molecule has 0 unspecified atom stereocenters. The summed E-state index contributed by atoms with van der Waals surface area (Å²) < 4.78 is 26.4. The van der Waals surface area contributed by atoms with Crippen LogP contribution in [-0.2, 0) is 10.0 Å². The molecule has 0 bridgehead atoms. The van der Waals surface area contributed by atoms with E-state index >= 15 is 0 Å². The summed E-state index contributed by atoms with van der Waals surface area (Å²) in [6, 6.07) is 1.01. The number of thiophene rings is 1. The Balaban J connectivity index is 2.96. The van der Waals surface area contributed by atoms with Crippen LogP contribution in [0.3, 0.4) is 0 Å². The minimum absolute atomic E-state index is 0.172. The lowest BCUT2D eigenvalue weighted by Crippen LogP contribution is -2.34. The zero-order valence-electron chi connectivity index (χ0n) is 8.32. The van der Waals surface area contributed by atoms with Crippen LogP contribution in [0.1, 0.15) is 12.5 Å². The van der Waals surface area contributed by atoms with E-state index in [4.69, 9.17) is 16.7 Å². The molecule has 0 aliphatic carbocycles. The average Bonchev–Trinajstić information content (AvgIpc) is 2.47. The number of hydrogen-bond donors (Lipinski definition) is 2. The summed E-state index contributed by atoms with van der Waals surface area (Å²) in [5, 5.41) is 8.76. The highest BCUT2D eigenvalue weighted by Gasteiger charge is 2.20. The monoisotopic (exact) mass is 269 g/mol. The third-order valence-electron chi connectivity index (χ3n) is 1.73. The number of rotatable bonds is 4. The molecule has 2 N–H and O–H groups in total. The molecule has 1 atom stereocenters. The van der Waals surface area contributed by atoms with Crippen molar-refractivity contribution in [1.82, 2.24) is 4.72 Å². The van der Waals surface area contributed by atoms with E-state index in [0.29, 0.717) is 4.34 Å². The van der Waals surface area contributed by atoms with E-state index in [2.05, 4.69) is 4.72 Å². The predicted octanol–water partition coefficient (Wildman–Crippen LogP) is 1.37. The van der Waals surface area contributed by atoms with Gasteiger partial charge in [-0.2, -0.15) is 0 Å². The Labute approximate surface area is 97.9 Å². The van der Waals surface area contributed by atoms with Crippen molar-refractivity contribution in [3.63, 3.8) is 0 Å². The van der Waals surface area contributed by atoms with Gasteiger partial charge in [0.15, 0.2) is 0 Å². The van der Waals surface area contributed by atoms with E-state index in [1.165, 1.54) is 6.07 Å². The minimum atomic E-state index is -3.55. The zero-order chi connectivity index (χ0) is 11.6. The van der Waals surface area contributed by atoms with Gasteiger partial charge in [-0.05, 0) is 25.5 Å². The number of aryl methyl sites for hydroxylation is 1. The van der Waals surface area contributed by atoms with Crippen molar-refractivity contribution in [1.29, 1.82) is 0 Å². The van der Waals surface area contributed by atoms with Crippen LogP contribution in [0.25, 0.3) is 0 Å². The fourth-order valence-electron chi connectivity index (χ4n) is 0.924. The maximum Gasteiger partial charge on any atom is 0.250 e. The molecule has 1 rings (SSSR count). The van der Waals surface area contributed by atoms with Crippen LogP contribution >= 0.6 is 22.9 Å². The summed E-state index contributed by atoms with van der Waals surface area (Å²) >= 11 is 6.79. The van der Waals surface area contributed by atoms with Crippen LogP contribution in [0.15, 0.2) is 10.3 Å². The first kappa shape index (κ1) is 12.9. The second kappa shape index (κ2) is 4.80. The lowest BCUT2D eigenvalue weighted by atomic mass is 10.4. The average molecular weight is 270 g/mol. The summed E-state index contributed by atoms with van der Waals surface area (Å²) in [4.78, 5) is 0. The van der Waals surface area contributed by atoms with E-state index in [9.17, 15) is 8.42 Å². The Kier molecular flexibility index (Phi) is 4.13. The van der Waals surface area contributed by atoms with Crippen molar-refractivity contribution in [3.8, 4) is 0 Å². The predicted molar refractivity (Wildman–Crippen MR) is 60.9 cm³/mol. The molecule has 0 saturated carbocycles. The van der Waals surface area contributed by atoms with E-state index < -0.39 is 16.1 Å². The van der Waals surface area contributed by atoms with Crippen LogP contribution in [-0.4, -0.2) is 26.2 Å². The van der Waals surface area contributed by atoms with E-state index in [-0.39, 0.29) is 10.8 Å². The van der Waals surface area contributed by atoms with Gasteiger partial charge in [-0.15, -0.1) is 11.3 Å². The van der Waals surface area contributed by atoms with Gasteiger partial charge in [0.25, 0.3) is 0 Å². The van der Waals surface area contributed by atoms with Gasteiger partial charge in [-0.3, -0.25) is 0 Å². The highest BCUT2D eigenvalue weighted by Crippen LogP contribution is 2.29. The molecule has 86 valence electrons. The zero-order valence-corrected chi connectivity index (χ0v) is 10.7. The smallest absolute Gasteiger partial charge is 0.250 e. The lowest BCUT2D eigenvalue weighted by molar-refractivity contribution is 0.265. The Hall–Kier alpha value is -0.140. The van der Waals surface area contributed by atoms with Crippen LogP contribution in [0, 0.1) is 6.92 Å². The molecule has 1 aromatic rings. The minimum Gasteiger partial charge on any atom is -0.395 e. The highest BCUT2D eigenvalue weighted by molar-refractivity contribution is 7.91. The molecular formula is C8H12ClNO3S2. The van der Waals surface area contributed by atoms with Gasteiger partial charge >= 0.3 is 0 Å². The van der Waals surface area contributed by atoms with Crippen molar-refractivity contribution in [3.05, 3.63) is 16.0 Å². The molecule has 0 aromatic carbocycles. The highest BCUT2D eigenvalue weighted by atomic mass is 35.5. The first-order valence-electron chi connectivity index (χ1n) is 4.26. The third-order valence-corrected chi connectivity index (χ3v) is 5.35. The number of aliphatic hydroxyl groups is 1. The normalized spacial score (nSPS) is 14.1. The Morgan fingerprint density at radius 1 is 1.67 bits per heavy atom. The van der Waals surface area contributed by atoms with Crippen molar-refractivity contribution in [2.75, 3.05) is 6.61 Å². The van der Waals surface area contributed by atoms with Crippen molar-refractivity contribution < 1.29 is 13.5 Å². The Morgan fingerprint density at radius 2 is 2.27 bits per heavy atom. The fourth-order valence-corrected chi connectivity index (χ4v) is 3.88. The standard InChI is InChI=1S/C8H12ClNO3S2/c1-5-3-7(14-8(5)9)15(12,13)10-6(2)4-11/h3,6,10-11H,4H2,1-2H3/t6-/m0/s1. The molecule has 0 aliphatic heterocycles. The van der Waals surface area contributed by atoms with Gasteiger partial charge in [-0.25, -0.2) is 13.1 Å². The van der Waals surface area contributed by atoms with Gasteiger partial charge < -0.3 is 5.11 Å². The van der Waals surface area contributed by atoms with Crippen LogP contribution in [0.4, 0.5) is 0 Å². The summed E-state index contributed by atoms with van der Waals surface area (Å²) in [6.45, 7) is 3.09. The van der Waals surface area contributed by atoms with E-state index in [0.717, 1.165) is 16.9 Å². The van der Waals surface area contributed by atoms with Gasteiger partial charge in [0.1, 0.15) is 4.21 Å². The largest absolute Gasteiger partial charge is 0.395 e. The van der Waals surface area contributed by atoms with Crippen LogP contribution in [0.5, 0.6) is 0 Å². The molecule has 0 fully saturated rings. The van der Waals surface area contributed by atoms with E-state index in [1.807, 2.05) is 0 Å². The summed E-state index contributed by atoms with van der Waals surface area (Å²) in [7, 11) is -3.55. The Bertz CT molecular complexity index is 421. The number of hydrogen-bond acceptors (Lipinski definition) is 4. The molecule has 7 heteroatoms. The van der Waals surface area contributed by atoms with Crippen molar-refractivity contribution >= 4 is 33.0 Å². The summed E-state index contributed by atoms with van der Waals surface area (Å²) in [5.74, 6) is 0. The molecule has 0 spiro atoms. The number of sulfonamides is 1. The molecule has 0 aliphatic rings. The third kappa shape index (κ3) is 3.15. The lowest BCUT2D eigenvalue weighted by Gasteiger charge is -2.09.